The van der Waals surface area contributed by atoms with Gasteiger partial charge in [0.1, 0.15) is 0 Å². The molecule has 122 valence electrons. The number of aryl methyl sites for hydroxylation is 1. The summed E-state index contributed by atoms with van der Waals surface area (Å²) in [6, 6.07) is 9.28. The zero-order chi connectivity index (χ0) is 16.7. The molecule has 2 aromatic carbocycles. The van der Waals surface area contributed by atoms with Crippen molar-refractivity contribution in [3.05, 3.63) is 63.2 Å². The third-order valence-electron chi connectivity index (χ3n) is 2.75. The van der Waals surface area contributed by atoms with E-state index in [0.29, 0.717) is 29.5 Å². The van der Waals surface area contributed by atoms with Crippen LogP contribution in [-0.4, -0.2) is 17.5 Å². The molecule has 0 fully saturated rings. The van der Waals surface area contributed by atoms with Crippen molar-refractivity contribution in [2.24, 2.45) is 0 Å². The van der Waals surface area contributed by atoms with E-state index < -0.39 is 4.92 Å². The minimum atomic E-state index is -0.559. The van der Waals surface area contributed by atoms with Crippen LogP contribution >= 0.6 is 0 Å². The fourth-order valence-corrected chi connectivity index (χ4v) is 1.61. The maximum atomic E-state index is 10.4. The van der Waals surface area contributed by atoms with Gasteiger partial charge in [-0.25, -0.2) is 0 Å². The molecule has 2 rings (SSSR count). The molecule has 0 aliphatic heterocycles. The molecule has 8 heteroatoms. The molecular weight excluding hydrogens is 342 g/mol. The average molecular weight is 357 g/mol. The quantitative estimate of drug-likeness (QED) is 0.285. The molecule has 0 spiro atoms. The second kappa shape index (κ2) is 9.34. The summed E-state index contributed by atoms with van der Waals surface area (Å²) < 4.78 is 0. The van der Waals surface area contributed by atoms with Crippen molar-refractivity contribution < 1.29 is 31.6 Å². The molecule has 0 amide bonds. The number of carbonyl (C=O) groups is 2. The minimum absolute atomic E-state index is 0. The van der Waals surface area contributed by atoms with Gasteiger partial charge in [0.25, 0.3) is 5.69 Å². The zero-order valence-electron chi connectivity index (χ0n) is 12.2. The SMILES string of the molecule is Cc1ccc(C=O)c([N+](=O)[O-])c1.Nc1ccc(C=O)c(N)c1.[Fe]. The number of nitrogens with two attached hydrogens (primary N) is 2. The Morgan fingerprint density at radius 1 is 1.00 bits per heavy atom. The van der Waals surface area contributed by atoms with Crippen molar-refractivity contribution in [2.45, 2.75) is 6.92 Å². The van der Waals surface area contributed by atoms with Crippen LogP contribution in [0, 0.1) is 17.0 Å². The van der Waals surface area contributed by atoms with Gasteiger partial charge in [0, 0.05) is 40.1 Å². The average Bonchev–Trinajstić information content (AvgIpc) is 2.48. The normalized spacial score (nSPS) is 8.91. The number of aldehydes is 2. The van der Waals surface area contributed by atoms with Gasteiger partial charge in [0.2, 0.25) is 0 Å². The first-order chi connectivity index (χ1) is 10.4. The maximum absolute atomic E-state index is 10.4. The smallest absolute Gasteiger partial charge is 0.280 e. The second-order valence-corrected chi connectivity index (χ2v) is 4.44. The first kappa shape index (κ1) is 20.3. The van der Waals surface area contributed by atoms with Crippen LogP contribution in [-0.2, 0) is 17.1 Å². The first-order valence-corrected chi connectivity index (χ1v) is 6.19. The summed E-state index contributed by atoms with van der Waals surface area (Å²) in [5.41, 5.74) is 13.0. The largest absolute Gasteiger partial charge is 0.399 e. The third kappa shape index (κ3) is 5.90. The van der Waals surface area contributed by atoms with Crippen LogP contribution < -0.4 is 11.5 Å². The van der Waals surface area contributed by atoms with Gasteiger partial charge in [-0.15, -0.1) is 0 Å². The van der Waals surface area contributed by atoms with Crippen molar-refractivity contribution in [3.63, 3.8) is 0 Å². The van der Waals surface area contributed by atoms with Crippen LogP contribution in [0.25, 0.3) is 0 Å². The number of benzene rings is 2. The van der Waals surface area contributed by atoms with Gasteiger partial charge in [-0.05, 0) is 36.8 Å². The number of anilines is 2. The summed E-state index contributed by atoms with van der Waals surface area (Å²) in [6.45, 7) is 1.74. The monoisotopic (exact) mass is 357 g/mol. The van der Waals surface area contributed by atoms with E-state index >= 15 is 0 Å². The Bertz CT molecular complexity index is 720. The summed E-state index contributed by atoms with van der Waals surface area (Å²) in [6.07, 6.45) is 1.19. The zero-order valence-corrected chi connectivity index (χ0v) is 13.3. The predicted molar refractivity (Wildman–Crippen MR) is 83.9 cm³/mol. The summed E-state index contributed by atoms with van der Waals surface area (Å²) in [5.74, 6) is 0. The van der Waals surface area contributed by atoms with Crippen molar-refractivity contribution in [2.75, 3.05) is 11.5 Å². The Hall–Kier alpha value is -2.70. The van der Waals surface area contributed by atoms with Crippen molar-refractivity contribution in [1.82, 2.24) is 0 Å². The van der Waals surface area contributed by atoms with E-state index in [-0.39, 0.29) is 28.3 Å². The van der Waals surface area contributed by atoms with E-state index in [1.807, 2.05) is 0 Å². The molecule has 23 heavy (non-hydrogen) atoms. The number of nitrogens with zero attached hydrogens (tertiary/aromatic N) is 1. The summed E-state index contributed by atoms with van der Waals surface area (Å²) in [4.78, 5) is 30.4. The number of hydrogen-bond donors (Lipinski definition) is 2. The number of nitrogen functional groups attached to an aromatic ring is 2. The van der Waals surface area contributed by atoms with Gasteiger partial charge in [0.05, 0.1) is 10.5 Å². The molecule has 0 saturated heterocycles. The summed E-state index contributed by atoms with van der Waals surface area (Å²) in [5, 5.41) is 10.4. The Morgan fingerprint density at radius 2 is 1.57 bits per heavy atom. The molecule has 0 aliphatic rings. The third-order valence-corrected chi connectivity index (χ3v) is 2.75. The maximum Gasteiger partial charge on any atom is 0.280 e. The van der Waals surface area contributed by atoms with E-state index in [1.54, 1.807) is 31.2 Å². The van der Waals surface area contributed by atoms with Gasteiger partial charge in [-0.1, -0.05) is 6.07 Å². The molecule has 0 atom stereocenters. The van der Waals surface area contributed by atoms with Gasteiger partial charge in [-0.3, -0.25) is 19.7 Å². The molecule has 0 bridgehead atoms. The number of carbonyl (C=O) groups excluding carboxylic acids is 2. The molecule has 0 saturated carbocycles. The van der Waals surface area contributed by atoms with E-state index in [4.69, 9.17) is 11.5 Å². The molecular formula is C15H15FeN3O4. The standard InChI is InChI=1S/C8H7NO3.C7H8N2O.Fe/c1-6-2-3-7(5-10)8(4-6)9(11)12;8-6-2-1-5(4-10)7(9)3-6;/h2-5H,1H3;1-4H,8-9H2;. The fraction of sp³-hybridized carbons (Fsp3) is 0.0667. The number of nitro benzene ring substituents is 1. The summed E-state index contributed by atoms with van der Waals surface area (Å²) >= 11 is 0. The minimum Gasteiger partial charge on any atom is -0.399 e. The Labute approximate surface area is 143 Å². The Balaban J connectivity index is 0.000000409. The molecule has 0 heterocycles. The van der Waals surface area contributed by atoms with E-state index in [2.05, 4.69) is 0 Å². The van der Waals surface area contributed by atoms with Crippen LogP contribution in [0.3, 0.4) is 0 Å². The van der Waals surface area contributed by atoms with Crippen LogP contribution in [0.2, 0.25) is 0 Å². The molecule has 7 nitrogen and oxygen atoms in total. The van der Waals surface area contributed by atoms with E-state index in [9.17, 15) is 19.7 Å². The van der Waals surface area contributed by atoms with Crippen molar-refractivity contribution in [3.8, 4) is 0 Å². The molecule has 0 radical (unpaired) electrons. The fourth-order valence-electron chi connectivity index (χ4n) is 1.61. The number of nitro groups is 1. The van der Waals surface area contributed by atoms with Gasteiger partial charge < -0.3 is 11.5 Å². The predicted octanol–water partition coefficient (Wildman–Crippen LogP) is 2.38. The Morgan fingerprint density at radius 3 is 2.04 bits per heavy atom. The van der Waals surface area contributed by atoms with Gasteiger partial charge in [-0.2, -0.15) is 0 Å². The summed E-state index contributed by atoms with van der Waals surface area (Å²) in [7, 11) is 0. The van der Waals surface area contributed by atoms with Gasteiger partial charge in [0.15, 0.2) is 12.6 Å². The molecule has 0 aliphatic carbocycles. The van der Waals surface area contributed by atoms with Crippen LogP contribution in [0.4, 0.5) is 17.1 Å². The molecule has 4 N–H and O–H groups in total. The molecule has 0 unspecified atom stereocenters. The van der Waals surface area contributed by atoms with Gasteiger partial charge >= 0.3 is 0 Å². The van der Waals surface area contributed by atoms with Crippen molar-refractivity contribution in [1.29, 1.82) is 0 Å². The van der Waals surface area contributed by atoms with Crippen LogP contribution in [0.15, 0.2) is 36.4 Å². The number of rotatable bonds is 3. The molecule has 0 aromatic heterocycles. The van der Waals surface area contributed by atoms with Crippen LogP contribution in [0.5, 0.6) is 0 Å². The van der Waals surface area contributed by atoms with Crippen molar-refractivity contribution >= 4 is 29.6 Å². The Kier molecular flexibility index (Phi) is 8.25. The van der Waals surface area contributed by atoms with E-state index in [0.717, 1.165) is 5.56 Å². The van der Waals surface area contributed by atoms with Crippen LogP contribution in [0.1, 0.15) is 26.3 Å². The second-order valence-electron chi connectivity index (χ2n) is 4.44. The number of hydrogen-bond acceptors (Lipinski definition) is 6. The molecule has 2 aromatic rings. The van der Waals surface area contributed by atoms with E-state index in [1.165, 1.54) is 12.1 Å². The topological polar surface area (TPSA) is 129 Å². The first-order valence-electron chi connectivity index (χ1n) is 6.19.